The standard InChI is InChI=1S/C6H7FN2O/c1-9-2-6(8-4-9)5(7)3-10/h2-5H,1H3. The van der Waals surface area contributed by atoms with E-state index < -0.39 is 6.17 Å². The molecule has 0 saturated carbocycles. The van der Waals surface area contributed by atoms with Gasteiger partial charge >= 0.3 is 0 Å². The smallest absolute Gasteiger partial charge is 0.198 e. The monoisotopic (exact) mass is 142 g/mol. The maximum absolute atomic E-state index is 12.4. The van der Waals surface area contributed by atoms with Crippen molar-refractivity contribution in [3.05, 3.63) is 18.2 Å². The number of halogens is 1. The Labute approximate surface area is 57.5 Å². The average molecular weight is 142 g/mol. The van der Waals surface area contributed by atoms with Crippen LogP contribution in [0, 0.1) is 0 Å². The fourth-order valence-electron chi connectivity index (χ4n) is 0.645. The summed E-state index contributed by atoms with van der Waals surface area (Å²) in [6.45, 7) is 0. The molecule has 54 valence electrons. The van der Waals surface area contributed by atoms with Gasteiger partial charge in [0.25, 0.3) is 0 Å². The van der Waals surface area contributed by atoms with E-state index >= 15 is 0 Å². The third-order valence-corrected chi connectivity index (χ3v) is 1.13. The Morgan fingerprint density at radius 3 is 3.00 bits per heavy atom. The van der Waals surface area contributed by atoms with Crippen LogP contribution in [0.25, 0.3) is 0 Å². The summed E-state index contributed by atoms with van der Waals surface area (Å²) in [4.78, 5) is 13.5. The normalized spacial score (nSPS) is 13.0. The largest absolute Gasteiger partial charge is 0.340 e. The molecule has 0 aromatic carbocycles. The van der Waals surface area contributed by atoms with Crippen molar-refractivity contribution in [3.8, 4) is 0 Å². The molecule has 0 aliphatic carbocycles. The number of aldehydes is 1. The molecule has 1 aromatic heterocycles. The summed E-state index contributed by atoms with van der Waals surface area (Å²) in [6.07, 6.45) is 1.56. The minimum absolute atomic E-state index is 0.164. The summed E-state index contributed by atoms with van der Waals surface area (Å²) < 4.78 is 14.0. The molecule has 4 heteroatoms. The molecule has 3 nitrogen and oxygen atoms in total. The van der Waals surface area contributed by atoms with Crippen LogP contribution < -0.4 is 0 Å². The number of nitrogens with zero attached hydrogens (tertiary/aromatic N) is 2. The first-order chi connectivity index (χ1) is 4.74. The summed E-state index contributed by atoms with van der Waals surface area (Å²) in [7, 11) is 1.72. The predicted octanol–water partition coefficient (Wildman–Crippen LogP) is 0.630. The van der Waals surface area contributed by atoms with Gasteiger partial charge in [0.05, 0.1) is 12.0 Å². The Morgan fingerprint density at radius 2 is 2.60 bits per heavy atom. The van der Waals surface area contributed by atoms with Crippen molar-refractivity contribution in [2.75, 3.05) is 0 Å². The van der Waals surface area contributed by atoms with Crippen molar-refractivity contribution >= 4 is 6.29 Å². The van der Waals surface area contributed by atoms with Gasteiger partial charge in [0, 0.05) is 13.2 Å². The van der Waals surface area contributed by atoms with Gasteiger partial charge < -0.3 is 4.57 Å². The van der Waals surface area contributed by atoms with Crippen LogP contribution in [0.1, 0.15) is 11.9 Å². The lowest BCUT2D eigenvalue weighted by Crippen LogP contribution is -1.91. The molecule has 1 unspecified atom stereocenters. The first kappa shape index (κ1) is 6.92. The fraction of sp³-hybridized carbons (Fsp3) is 0.333. The van der Waals surface area contributed by atoms with Gasteiger partial charge in [0.15, 0.2) is 12.5 Å². The van der Waals surface area contributed by atoms with Gasteiger partial charge in [0.1, 0.15) is 0 Å². The first-order valence-corrected chi connectivity index (χ1v) is 2.81. The molecule has 0 spiro atoms. The molecule has 0 aliphatic rings. The number of imidazole rings is 1. The quantitative estimate of drug-likeness (QED) is 0.567. The Morgan fingerprint density at radius 1 is 1.90 bits per heavy atom. The van der Waals surface area contributed by atoms with E-state index in [-0.39, 0.29) is 12.0 Å². The minimum atomic E-state index is -1.58. The Kier molecular flexibility index (Phi) is 1.80. The zero-order chi connectivity index (χ0) is 7.56. The lowest BCUT2D eigenvalue weighted by molar-refractivity contribution is -0.112. The van der Waals surface area contributed by atoms with Crippen LogP contribution in [0.15, 0.2) is 12.5 Å². The van der Waals surface area contributed by atoms with Gasteiger partial charge in [-0.1, -0.05) is 0 Å². The molecular weight excluding hydrogens is 135 g/mol. The lowest BCUT2D eigenvalue weighted by atomic mass is 10.3. The van der Waals surface area contributed by atoms with Gasteiger partial charge in [-0.3, -0.25) is 4.79 Å². The first-order valence-electron chi connectivity index (χ1n) is 2.81. The fourth-order valence-corrected chi connectivity index (χ4v) is 0.645. The third-order valence-electron chi connectivity index (χ3n) is 1.13. The van der Waals surface area contributed by atoms with Crippen molar-refractivity contribution in [2.24, 2.45) is 7.05 Å². The Balaban J connectivity index is 2.84. The molecule has 0 saturated heterocycles. The molecule has 1 heterocycles. The van der Waals surface area contributed by atoms with Crippen LogP contribution in [-0.2, 0) is 11.8 Å². The number of alkyl halides is 1. The summed E-state index contributed by atoms with van der Waals surface area (Å²) in [5.41, 5.74) is 0.164. The van der Waals surface area contributed by atoms with E-state index in [9.17, 15) is 9.18 Å². The average Bonchev–Trinajstić information content (AvgIpc) is 2.34. The zero-order valence-corrected chi connectivity index (χ0v) is 5.49. The molecule has 0 N–H and O–H groups in total. The van der Waals surface area contributed by atoms with Crippen LogP contribution in [0.3, 0.4) is 0 Å². The number of rotatable bonds is 2. The Bertz CT molecular complexity index is 233. The van der Waals surface area contributed by atoms with Crippen molar-refractivity contribution < 1.29 is 9.18 Å². The van der Waals surface area contributed by atoms with Crippen molar-refractivity contribution in [3.63, 3.8) is 0 Å². The van der Waals surface area contributed by atoms with E-state index in [0.717, 1.165) is 0 Å². The van der Waals surface area contributed by atoms with Gasteiger partial charge in [-0.25, -0.2) is 9.37 Å². The van der Waals surface area contributed by atoms with E-state index in [1.165, 1.54) is 12.5 Å². The number of carbonyl (C=O) groups is 1. The van der Waals surface area contributed by atoms with Crippen LogP contribution in [-0.4, -0.2) is 15.8 Å². The van der Waals surface area contributed by atoms with E-state index in [1.807, 2.05) is 0 Å². The van der Waals surface area contributed by atoms with Gasteiger partial charge in [-0.2, -0.15) is 0 Å². The molecule has 0 aliphatic heterocycles. The number of aromatic nitrogens is 2. The molecule has 0 bridgehead atoms. The number of aryl methyl sites for hydroxylation is 1. The summed E-state index contributed by atoms with van der Waals surface area (Å²) in [6, 6.07) is 0. The van der Waals surface area contributed by atoms with Crippen molar-refractivity contribution in [1.29, 1.82) is 0 Å². The molecule has 1 aromatic rings. The maximum atomic E-state index is 12.4. The SMILES string of the molecule is Cn1cnc(C(F)C=O)c1. The number of carbonyl (C=O) groups excluding carboxylic acids is 1. The van der Waals surface area contributed by atoms with E-state index in [2.05, 4.69) is 4.98 Å². The molecule has 1 rings (SSSR count). The van der Waals surface area contributed by atoms with Gasteiger partial charge in [-0.05, 0) is 0 Å². The van der Waals surface area contributed by atoms with Crippen LogP contribution in [0.5, 0.6) is 0 Å². The topological polar surface area (TPSA) is 34.9 Å². The van der Waals surface area contributed by atoms with Crippen molar-refractivity contribution in [2.45, 2.75) is 6.17 Å². The Hall–Kier alpha value is -1.19. The summed E-state index contributed by atoms with van der Waals surface area (Å²) >= 11 is 0. The highest BCUT2D eigenvalue weighted by molar-refractivity contribution is 5.58. The molecule has 1 atom stereocenters. The predicted molar refractivity (Wildman–Crippen MR) is 33.1 cm³/mol. The highest BCUT2D eigenvalue weighted by atomic mass is 19.1. The van der Waals surface area contributed by atoms with Crippen LogP contribution in [0.2, 0.25) is 0 Å². The van der Waals surface area contributed by atoms with Gasteiger partial charge in [0.2, 0.25) is 0 Å². The highest BCUT2D eigenvalue weighted by Crippen LogP contribution is 2.10. The second-order valence-electron chi connectivity index (χ2n) is 2.00. The van der Waals surface area contributed by atoms with E-state index in [1.54, 1.807) is 11.6 Å². The summed E-state index contributed by atoms with van der Waals surface area (Å²) in [5.74, 6) is 0. The molecule has 0 radical (unpaired) electrons. The minimum Gasteiger partial charge on any atom is -0.340 e. The molecule has 0 amide bonds. The second-order valence-corrected chi connectivity index (χ2v) is 2.00. The second kappa shape index (κ2) is 2.60. The van der Waals surface area contributed by atoms with Crippen LogP contribution in [0.4, 0.5) is 4.39 Å². The summed E-state index contributed by atoms with van der Waals surface area (Å²) in [5, 5.41) is 0. The molecule has 0 fully saturated rings. The maximum Gasteiger partial charge on any atom is 0.198 e. The van der Waals surface area contributed by atoms with Crippen molar-refractivity contribution in [1.82, 2.24) is 9.55 Å². The highest BCUT2D eigenvalue weighted by Gasteiger charge is 2.09. The molecule has 10 heavy (non-hydrogen) atoms. The number of hydrogen-bond acceptors (Lipinski definition) is 2. The lowest BCUT2D eigenvalue weighted by Gasteiger charge is -1.90. The van der Waals surface area contributed by atoms with E-state index in [0.29, 0.717) is 0 Å². The molecular formula is C6H7FN2O. The van der Waals surface area contributed by atoms with Crippen LogP contribution >= 0.6 is 0 Å². The van der Waals surface area contributed by atoms with E-state index in [4.69, 9.17) is 0 Å². The number of hydrogen-bond donors (Lipinski definition) is 0. The van der Waals surface area contributed by atoms with Gasteiger partial charge in [-0.15, -0.1) is 0 Å². The zero-order valence-electron chi connectivity index (χ0n) is 5.49. The third kappa shape index (κ3) is 1.21.